The molecule has 1 aliphatic carbocycles. The summed E-state index contributed by atoms with van der Waals surface area (Å²) in [6.07, 6.45) is 4.46. The topological polar surface area (TPSA) is 32.3 Å². The normalized spacial score (nSPS) is 13.9. The fourth-order valence-electron chi connectivity index (χ4n) is 2.56. The molecule has 0 unspecified atom stereocenters. The Balaban J connectivity index is 1.63. The summed E-state index contributed by atoms with van der Waals surface area (Å²) in [5.41, 5.74) is 2.19. The SMILES string of the molecule is CCCc1ccc(NC(=O)N(Cc2cccs2)C2CC2)cc1. The van der Waals surface area contributed by atoms with Crippen molar-refractivity contribution in [1.82, 2.24) is 4.90 Å². The van der Waals surface area contributed by atoms with Gasteiger partial charge in [0.05, 0.1) is 6.54 Å². The first-order valence-electron chi connectivity index (χ1n) is 7.95. The Morgan fingerprint density at radius 3 is 2.64 bits per heavy atom. The molecule has 1 fully saturated rings. The van der Waals surface area contributed by atoms with Crippen LogP contribution in [0.3, 0.4) is 0 Å². The van der Waals surface area contributed by atoms with Gasteiger partial charge in [0, 0.05) is 16.6 Å². The highest BCUT2D eigenvalue weighted by molar-refractivity contribution is 7.09. The summed E-state index contributed by atoms with van der Waals surface area (Å²) < 4.78 is 0. The first kappa shape index (κ1) is 15.1. The van der Waals surface area contributed by atoms with Gasteiger partial charge in [0.2, 0.25) is 0 Å². The largest absolute Gasteiger partial charge is 0.322 e. The molecule has 0 aliphatic heterocycles. The molecule has 0 bridgehead atoms. The van der Waals surface area contributed by atoms with E-state index in [1.54, 1.807) is 11.3 Å². The smallest absolute Gasteiger partial charge is 0.316 e. The van der Waals surface area contributed by atoms with Gasteiger partial charge in [-0.1, -0.05) is 31.5 Å². The maximum atomic E-state index is 12.6. The van der Waals surface area contributed by atoms with Crippen molar-refractivity contribution in [3.05, 3.63) is 52.2 Å². The maximum Gasteiger partial charge on any atom is 0.322 e. The number of nitrogens with zero attached hydrogens (tertiary/aromatic N) is 1. The zero-order valence-electron chi connectivity index (χ0n) is 12.9. The Kier molecular flexibility index (Phi) is 4.78. The van der Waals surface area contributed by atoms with Crippen molar-refractivity contribution in [2.24, 2.45) is 0 Å². The highest BCUT2D eigenvalue weighted by Gasteiger charge is 2.32. The van der Waals surface area contributed by atoms with Gasteiger partial charge in [-0.3, -0.25) is 0 Å². The van der Waals surface area contributed by atoms with Gasteiger partial charge in [0.25, 0.3) is 0 Å². The molecule has 2 aromatic rings. The summed E-state index contributed by atoms with van der Waals surface area (Å²) in [6, 6.07) is 12.7. The number of hydrogen-bond acceptors (Lipinski definition) is 2. The molecule has 0 atom stereocenters. The number of aryl methyl sites for hydroxylation is 1. The first-order valence-corrected chi connectivity index (χ1v) is 8.83. The summed E-state index contributed by atoms with van der Waals surface area (Å²) in [5, 5.41) is 5.10. The van der Waals surface area contributed by atoms with E-state index in [0.717, 1.165) is 31.4 Å². The fourth-order valence-corrected chi connectivity index (χ4v) is 3.26. The van der Waals surface area contributed by atoms with E-state index in [-0.39, 0.29) is 6.03 Å². The Morgan fingerprint density at radius 1 is 1.27 bits per heavy atom. The van der Waals surface area contributed by atoms with E-state index in [2.05, 4.69) is 35.8 Å². The first-order chi connectivity index (χ1) is 10.8. The van der Waals surface area contributed by atoms with Gasteiger partial charge in [-0.15, -0.1) is 11.3 Å². The third-order valence-electron chi connectivity index (χ3n) is 3.90. The molecule has 116 valence electrons. The number of rotatable bonds is 6. The predicted molar refractivity (Wildman–Crippen MR) is 92.3 cm³/mol. The number of anilines is 1. The van der Waals surface area contributed by atoms with Crippen LogP contribution in [0.25, 0.3) is 0 Å². The third-order valence-corrected chi connectivity index (χ3v) is 4.76. The summed E-state index contributed by atoms with van der Waals surface area (Å²) in [5.74, 6) is 0. The number of carbonyl (C=O) groups excluding carboxylic acids is 1. The predicted octanol–water partition coefficient (Wildman–Crippen LogP) is 4.90. The number of thiophene rings is 1. The third kappa shape index (κ3) is 3.89. The van der Waals surface area contributed by atoms with Crippen LogP contribution in [0.4, 0.5) is 10.5 Å². The highest BCUT2D eigenvalue weighted by Crippen LogP contribution is 2.29. The van der Waals surface area contributed by atoms with Crippen molar-refractivity contribution in [3.8, 4) is 0 Å². The lowest BCUT2D eigenvalue weighted by molar-refractivity contribution is 0.206. The minimum atomic E-state index is 0.0131. The van der Waals surface area contributed by atoms with Crippen molar-refractivity contribution in [2.75, 3.05) is 5.32 Å². The standard InChI is InChI=1S/C18H22N2OS/c1-2-4-14-6-8-15(9-7-14)19-18(21)20(16-10-11-16)13-17-5-3-12-22-17/h3,5-9,12,16H,2,4,10-11,13H2,1H3,(H,19,21). The lowest BCUT2D eigenvalue weighted by Gasteiger charge is -2.22. The van der Waals surface area contributed by atoms with Crippen molar-refractivity contribution < 1.29 is 4.79 Å². The second kappa shape index (κ2) is 6.97. The van der Waals surface area contributed by atoms with E-state index in [0.29, 0.717) is 12.6 Å². The maximum absolute atomic E-state index is 12.6. The molecule has 0 radical (unpaired) electrons. The van der Waals surface area contributed by atoms with Gasteiger partial charge < -0.3 is 10.2 Å². The van der Waals surface area contributed by atoms with E-state index in [4.69, 9.17) is 0 Å². The molecule has 1 aromatic heterocycles. The molecule has 1 N–H and O–H groups in total. The zero-order valence-corrected chi connectivity index (χ0v) is 13.7. The Labute approximate surface area is 136 Å². The minimum Gasteiger partial charge on any atom is -0.316 e. The van der Waals surface area contributed by atoms with Crippen molar-refractivity contribution in [1.29, 1.82) is 0 Å². The Hall–Kier alpha value is -1.81. The second-order valence-corrected chi connectivity index (χ2v) is 6.85. The van der Waals surface area contributed by atoms with Crippen LogP contribution in [-0.4, -0.2) is 17.0 Å². The zero-order chi connectivity index (χ0) is 15.4. The number of amides is 2. The minimum absolute atomic E-state index is 0.0131. The quantitative estimate of drug-likeness (QED) is 0.808. The molecule has 1 aliphatic rings. The lowest BCUT2D eigenvalue weighted by Crippen LogP contribution is -2.36. The molecule has 3 rings (SSSR count). The van der Waals surface area contributed by atoms with Gasteiger partial charge in [-0.25, -0.2) is 4.79 Å². The van der Waals surface area contributed by atoms with E-state index >= 15 is 0 Å². The summed E-state index contributed by atoms with van der Waals surface area (Å²) in [7, 11) is 0. The second-order valence-electron chi connectivity index (χ2n) is 5.82. The average Bonchev–Trinajstić information content (AvgIpc) is 3.23. The van der Waals surface area contributed by atoms with E-state index in [1.807, 2.05) is 23.1 Å². The number of carbonyl (C=O) groups is 1. The van der Waals surface area contributed by atoms with Crippen molar-refractivity contribution >= 4 is 23.1 Å². The molecule has 4 heteroatoms. The molecule has 1 heterocycles. The lowest BCUT2D eigenvalue weighted by atomic mass is 10.1. The molecule has 22 heavy (non-hydrogen) atoms. The van der Waals surface area contributed by atoms with Gasteiger partial charge in [-0.2, -0.15) is 0 Å². The molecule has 1 saturated carbocycles. The van der Waals surface area contributed by atoms with Gasteiger partial charge in [-0.05, 0) is 48.4 Å². The van der Waals surface area contributed by atoms with Gasteiger partial charge >= 0.3 is 6.03 Å². The van der Waals surface area contributed by atoms with E-state index in [9.17, 15) is 4.79 Å². The molecular formula is C18H22N2OS. The van der Waals surface area contributed by atoms with Crippen LogP contribution in [0.5, 0.6) is 0 Å². The van der Waals surface area contributed by atoms with Crippen molar-refractivity contribution in [3.63, 3.8) is 0 Å². The monoisotopic (exact) mass is 314 g/mol. The van der Waals surface area contributed by atoms with Crippen molar-refractivity contribution in [2.45, 2.75) is 45.2 Å². The van der Waals surface area contributed by atoms with E-state index < -0.39 is 0 Å². The van der Waals surface area contributed by atoms with Gasteiger partial charge in [0.1, 0.15) is 0 Å². The van der Waals surface area contributed by atoms with Crippen LogP contribution in [0.1, 0.15) is 36.6 Å². The van der Waals surface area contributed by atoms with Gasteiger partial charge in [0.15, 0.2) is 0 Å². The molecule has 2 amide bonds. The summed E-state index contributed by atoms with van der Waals surface area (Å²) in [4.78, 5) is 15.8. The Bertz CT molecular complexity index is 603. The summed E-state index contributed by atoms with van der Waals surface area (Å²) >= 11 is 1.71. The Morgan fingerprint density at radius 2 is 2.05 bits per heavy atom. The van der Waals surface area contributed by atoms with E-state index in [1.165, 1.54) is 10.4 Å². The number of hydrogen-bond donors (Lipinski definition) is 1. The molecule has 0 saturated heterocycles. The molecular weight excluding hydrogens is 292 g/mol. The number of urea groups is 1. The van der Waals surface area contributed by atoms with Crippen LogP contribution >= 0.6 is 11.3 Å². The fraction of sp³-hybridized carbons (Fsp3) is 0.389. The average molecular weight is 314 g/mol. The number of benzene rings is 1. The van der Waals surface area contributed by atoms with Crippen LogP contribution in [0, 0.1) is 0 Å². The van der Waals surface area contributed by atoms with Crippen LogP contribution in [-0.2, 0) is 13.0 Å². The van der Waals surface area contributed by atoms with Crippen LogP contribution in [0.2, 0.25) is 0 Å². The highest BCUT2D eigenvalue weighted by atomic mass is 32.1. The van der Waals surface area contributed by atoms with Crippen LogP contribution < -0.4 is 5.32 Å². The molecule has 3 nitrogen and oxygen atoms in total. The number of nitrogens with one attached hydrogen (secondary N) is 1. The molecule has 0 spiro atoms. The molecule has 1 aromatic carbocycles. The van der Waals surface area contributed by atoms with Crippen LogP contribution in [0.15, 0.2) is 41.8 Å². The summed E-state index contributed by atoms with van der Waals surface area (Å²) in [6.45, 7) is 2.88.